The van der Waals surface area contributed by atoms with Crippen LogP contribution in [0.2, 0.25) is 5.02 Å². The number of aryl methyl sites for hydroxylation is 1. The standard InChI is InChI=1S/C18H21ClFN/c1-21-17(9-5-8-14-6-3-2-4-7-14)13-15-12-16(19)10-11-18(15)20/h2-4,6-7,10-12,17,21H,5,8-9,13H2,1H3. The number of hydrogen-bond acceptors (Lipinski definition) is 1. The molecule has 1 unspecified atom stereocenters. The van der Waals surface area contributed by atoms with E-state index >= 15 is 0 Å². The Morgan fingerprint density at radius 3 is 2.62 bits per heavy atom. The number of hydrogen-bond donors (Lipinski definition) is 1. The zero-order chi connectivity index (χ0) is 15.1. The second-order valence-electron chi connectivity index (χ2n) is 5.30. The Bertz CT molecular complexity index is 556. The SMILES string of the molecule is CNC(CCCc1ccccc1)Cc1cc(Cl)ccc1F. The third-order valence-electron chi connectivity index (χ3n) is 3.74. The molecule has 2 aromatic carbocycles. The predicted octanol–water partition coefficient (Wildman–Crippen LogP) is 4.63. The summed E-state index contributed by atoms with van der Waals surface area (Å²) < 4.78 is 13.8. The molecule has 1 atom stereocenters. The van der Waals surface area contributed by atoms with Crippen molar-refractivity contribution in [3.05, 3.63) is 70.5 Å². The lowest BCUT2D eigenvalue weighted by atomic mass is 9.99. The molecule has 0 aliphatic heterocycles. The first kappa shape index (κ1) is 16.0. The van der Waals surface area contributed by atoms with E-state index < -0.39 is 0 Å². The minimum atomic E-state index is -0.178. The van der Waals surface area contributed by atoms with Gasteiger partial charge in [0.1, 0.15) is 5.82 Å². The second-order valence-corrected chi connectivity index (χ2v) is 5.74. The van der Waals surface area contributed by atoms with Gasteiger partial charge in [-0.1, -0.05) is 41.9 Å². The lowest BCUT2D eigenvalue weighted by Crippen LogP contribution is -2.28. The van der Waals surface area contributed by atoms with Gasteiger partial charge in [-0.15, -0.1) is 0 Å². The number of likely N-dealkylation sites (N-methyl/N-ethyl adjacent to an activating group) is 1. The largest absolute Gasteiger partial charge is 0.317 e. The topological polar surface area (TPSA) is 12.0 Å². The zero-order valence-electron chi connectivity index (χ0n) is 12.3. The average molecular weight is 306 g/mol. The van der Waals surface area contributed by atoms with E-state index in [4.69, 9.17) is 11.6 Å². The van der Waals surface area contributed by atoms with Crippen LogP contribution in [-0.4, -0.2) is 13.1 Å². The Morgan fingerprint density at radius 1 is 1.14 bits per heavy atom. The van der Waals surface area contributed by atoms with Gasteiger partial charge in [0.15, 0.2) is 0 Å². The lowest BCUT2D eigenvalue weighted by molar-refractivity contribution is 0.489. The fourth-order valence-corrected chi connectivity index (χ4v) is 2.71. The van der Waals surface area contributed by atoms with Gasteiger partial charge in [0.25, 0.3) is 0 Å². The highest BCUT2D eigenvalue weighted by Crippen LogP contribution is 2.18. The summed E-state index contributed by atoms with van der Waals surface area (Å²) >= 11 is 5.94. The van der Waals surface area contributed by atoms with Crippen molar-refractivity contribution in [2.45, 2.75) is 31.7 Å². The molecule has 0 amide bonds. The number of nitrogens with one attached hydrogen (secondary N) is 1. The molecule has 0 heterocycles. The third kappa shape index (κ3) is 5.14. The molecule has 2 rings (SSSR count). The maximum atomic E-state index is 13.8. The minimum absolute atomic E-state index is 0.178. The van der Waals surface area contributed by atoms with Gasteiger partial charge >= 0.3 is 0 Å². The second kappa shape index (κ2) is 8.16. The van der Waals surface area contributed by atoms with Crippen molar-refractivity contribution < 1.29 is 4.39 Å². The summed E-state index contributed by atoms with van der Waals surface area (Å²) in [5, 5.41) is 3.86. The Labute approximate surface area is 131 Å². The van der Waals surface area contributed by atoms with E-state index in [0.717, 1.165) is 19.3 Å². The van der Waals surface area contributed by atoms with Crippen molar-refractivity contribution in [3.8, 4) is 0 Å². The molecule has 0 bridgehead atoms. The molecular formula is C18H21ClFN. The highest BCUT2D eigenvalue weighted by atomic mass is 35.5. The van der Waals surface area contributed by atoms with Crippen LogP contribution in [-0.2, 0) is 12.8 Å². The molecule has 112 valence electrons. The van der Waals surface area contributed by atoms with Crippen LogP contribution in [0.4, 0.5) is 4.39 Å². The molecule has 0 fully saturated rings. The van der Waals surface area contributed by atoms with Crippen molar-refractivity contribution in [2.24, 2.45) is 0 Å². The van der Waals surface area contributed by atoms with Gasteiger partial charge in [-0.3, -0.25) is 0 Å². The van der Waals surface area contributed by atoms with Gasteiger partial charge in [0.2, 0.25) is 0 Å². The van der Waals surface area contributed by atoms with Gasteiger partial charge in [0, 0.05) is 11.1 Å². The van der Waals surface area contributed by atoms with Gasteiger partial charge < -0.3 is 5.32 Å². The molecular weight excluding hydrogens is 285 g/mol. The summed E-state index contributed by atoms with van der Waals surface area (Å²) in [6.07, 6.45) is 3.81. The first-order chi connectivity index (χ1) is 10.2. The van der Waals surface area contributed by atoms with Crippen LogP contribution in [0.3, 0.4) is 0 Å². The van der Waals surface area contributed by atoms with Gasteiger partial charge in [-0.25, -0.2) is 4.39 Å². The van der Waals surface area contributed by atoms with Crippen LogP contribution in [0, 0.1) is 5.82 Å². The lowest BCUT2D eigenvalue weighted by Gasteiger charge is -2.17. The summed E-state index contributed by atoms with van der Waals surface area (Å²) in [6.45, 7) is 0. The number of halogens is 2. The van der Waals surface area contributed by atoms with Crippen LogP contribution in [0.25, 0.3) is 0 Å². The number of benzene rings is 2. The van der Waals surface area contributed by atoms with E-state index in [2.05, 4.69) is 29.6 Å². The Hall–Kier alpha value is -1.38. The molecule has 1 N–H and O–H groups in total. The van der Waals surface area contributed by atoms with Gasteiger partial charge in [-0.05, 0) is 62.1 Å². The predicted molar refractivity (Wildman–Crippen MR) is 87.3 cm³/mol. The van der Waals surface area contributed by atoms with E-state index in [1.807, 2.05) is 13.1 Å². The third-order valence-corrected chi connectivity index (χ3v) is 3.98. The molecule has 0 spiro atoms. The molecule has 0 saturated heterocycles. The van der Waals surface area contributed by atoms with Crippen molar-refractivity contribution in [3.63, 3.8) is 0 Å². The quantitative estimate of drug-likeness (QED) is 0.786. The van der Waals surface area contributed by atoms with E-state index in [0.29, 0.717) is 17.0 Å². The van der Waals surface area contributed by atoms with Crippen LogP contribution >= 0.6 is 11.6 Å². The average Bonchev–Trinajstić information content (AvgIpc) is 2.51. The molecule has 0 aliphatic rings. The maximum Gasteiger partial charge on any atom is 0.126 e. The summed E-state index contributed by atoms with van der Waals surface area (Å²) in [5.41, 5.74) is 2.03. The normalized spacial score (nSPS) is 12.3. The molecule has 21 heavy (non-hydrogen) atoms. The van der Waals surface area contributed by atoms with Gasteiger partial charge in [-0.2, -0.15) is 0 Å². The molecule has 0 saturated carbocycles. The fourth-order valence-electron chi connectivity index (χ4n) is 2.51. The Morgan fingerprint density at radius 2 is 1.90 bits per heavy atom. The van der Waals surface area contributed by atoms with Gasteiger partial charge in [0.05, 0.1) is 0 Å². The van der Waals surface area contributed by atoms with E-state index in [1.165, 1.54) is 11.6 Å². The Kier molecular flexibility index (Phi) is 6.21. The van der Waals surface area contributed by atoms with E-state index in [-0.39, 0.29) is 11.9 Å². The molecule has 2 aromatic rings. The maximum absolute atomic E-state index is 13.8. The Balaban J connectivity index is 1.87. The van der Waals surface area contributed by atoms with Crippen molar-refractivity contribution in [1.82, 2.24) is 5.32 Å². The monoisotopic (exact) mass is 305 g/mol. The first-order valence-electron chi connectivity index (χ1n) is 7.34. The van der Waals surface area contributed by atoms with Crippen LogP contribution in [0.1, 0.15) is 24.0 Å². The molecule has 0 aliphatic carbocycles. The van der Waals surface area contributed by atoms with Crippen LogP contribution < -0.4 is 5.32 Å². The summed E-state index contributed by atoms with van der Waals surface area (Å²) in [5.74, 6) is -0.178. The molecule has 0 aromatic heterocycles. The molecule has 0 radical (unpaired) electrons. The van der Waals surface area contributed by atoms with E-state index in [1.54, 1.807) is 12.1 Å². The zero-order valence-corrected chi connectivity index (χ0v) is 13.0. The van der Waals surface area contributed by atoms with E-state index in [9.17, 15) is 4.39 Å². The summed E-state index contributed by atoms with van der Waals surface area (Å²) in [4.78, 5) is 0. The first-order valence-corrected chi connectivity index (χ1v) is 7.72. The van der Waals surface area contributed by atoms with Crippen LogP contribution in [0.15, 0.2) is 48.5 Å². The minimum Gasteiger partial charge on any atom is -0.317 e. The van der Waals surface area contributed by atoms with Crippen molar-refractivity contribution in [1.29, 1.82) is 0 Å². The summed E-state index contributed by atoms with van der Waals surface area (Å²) in [6, 6.07) is 15.5. The molecule has 1 nitrogen and oxygen atoms in total. The van der Waals surface area contributed by atoms with Crippen molar-refractivity contribution in [2.75, 3.05) is 7.05 Å². The number of rotatable bonds is 7. The molecule has 3 heteroatoms. The highest BCUT2D eigenvalue weighted by molar-refractivity contribution is 6.30. The summed E-state index contributed by atoms with van der Waals surface area (Å²) in [7, 11) is 1.93. The fraction of sp³-hybridized carbons (Fsp3) is 0.333. The highest BCUT2D eigenvalue weighted by Gasteiger charge is 2.11. The smallest absolute Gasteiger partial charge is 0.126 e. The van der Waals surface area contributed by atoms with Crippen molar-refractivity contribution >= 4 is 11.6 Å². The van der Waals surface area contributed by atoms with Crippen LogP contribution in [0.5, 0.6) is 0 Å².